The first-order valence-corrected chi connectivity index (χ1v) is 6.46. The minimum Gasteiger partial charge on any atom is -0.508 e. The van der Waals surface area contributed by atoms with Crippen LogP contribution in [-0.4, -0.2) is 14.7 Å². The molecule has 1 aromatic heterocycles. The fourth-order valence-electron chi connectivity index (χ4n) is 2.26. The Morgan fingerprint density at radius 1 is 1.13 bits per heavy atom. The number of aromatic nitrogens is 2. The normalized spacial score (nSPS) is 11.8. The first kappa shape index (κ1) is 14.9. The highest BCUT2D eigenvalue weighted by molar-refractivity contribution is 5.81. The quantitative estimate of drug-likeness (QED) is 0.675. The summed E-state index contributed by atoms with van der Waals surface area (Å²) >= 11 is 0. The number of rotatable bonds is 1. The van der Waals surface area contributed by atoms with Gasteiger partial charge in [0.1, 0.15) is 5.75 Å². The van der Waals surface area contributed by atoms with Crippen LogP contribution in [0.3, 0.4) is 0 Å². The number of nitrogens with zero attached hydrogens (tertiary/aromatic N) is 2. The number of nitrogens with two attached hydrogens (primary N) is 1. The Hall–Kier alpha value is -3.03. The van der Waals surface area contributed by atoms with Crippen molar-refractivity contribution in [3.05, 3.63) is 58.6 Å². The highest BCUT2D eigenvalue weighted by Crippen LogP contribution is 2.30. The van der Waals surface area contributed by atoms with Crippen LogP contribution in [0.1, 0.15) is 5.82 Å². The van der Waals surface area contributed by atoms with Gasteiger partial charge >= 0.3 is 6.18 Å². The van der Waals surface area contributed by atoms with Crippen molar-refractivity contribution in [2.24, 2.45) is 0 Å². The van der Waals surface area contributed by atoms with Crippen molar-refractivity contribution in [1.29, 1.82) is 0 Å². The Balaban J connectivity index is 2.47. The van der Waals surface area contributed by atoms with Crippen LogP contribution in [0.4, 0.5) is 18.9 Å². The number of nitrogen functional groups attached to an aromatic ring is 1. The average Bonchev–Trinajstić information content (AvgIpc) is 2.46. The standard InChI is InChI=1S/C15H10F3N3O2/c16-15(17,18)14-20-12-5-4-8(19)6-11(12)13(23)21(14)9-2-1-3-10(22)7-9/h1-7,22H,19H2. The van der Waals surface area contributed by atoms with Crippen molar-refractivity contribution in [1.82, 2.24) is 9.55 Å². The van der Waals surface area contributed by atoms with Gasteiger partial charge in [-0.25, -0.2) is 4.98 Å². The summed E-state index contributed by atoms with van der Waals surface area (Å²) in [5.41, 5.74) is 4.67. The smallest absolute Gasteiger partial charge is 0.450 e. The maximum Gasteiger partial charge on any atom is 0.450 e. The number of fused-ring (bicyclic) bond motifs is 1. The second-order valence-electron chi connectivity index (χ2n) is 4.87. The molecule has 0 fully saturated rings. The molecule has 0 aliphatic heterocycles. The summed E-state index contributed by atoms with van der Waals surface area (Å²) in [7, 11) is 0. The number of benzene rings is 2. The zero-order valence-electron chi connectivity index (χ0n) is 11.5. The number of aromatic hydroxyl groups is 1. The van der Waals surface area contributed by atoms with Crippen LogP contribution in [0.2, 0.25) is 0 Å². The summed E-state index contributed by atoms with van der Waals surface area (Å²) in [6, 6.07) is 8.84. The van der Waals surface area contributed by atoms with Crippen LogP contribution in [-0.2, 0) is 6.18 Å². The van der Waals surface area contributed by atoms with Crippen LogP contribution in [0, 0.1) is 0 Å². The van der Waals surface area contributed by atoms with Gasteiger partial charge < -0.3 is 10.8 Å². The molecule has 23 heavy (non-hydrogen) atoms. The minimum atomic E-state index is -4.85. The van der Waals surface area contributed by atoms with Crippen molar-refractivity contribution >= 4 is 16.6 Å². The molecule has 0 unspecified atom stereocenters. The molecule has 3 rings (SSSR count). The molecule has 118 valence electrons. The molecule has 0 aliphatic rings. The Labute approximate surface area is 127 Å². The third-order valence-electron chi connectivity index (χ3n) is 3.23. The first-order chi connectivity index (χ1) is 10.8. The van der Waals surface area contributed by atoms with Gasteiger partial charge in [0.25, 0.3) is 5.56 Å². The molecule has 0 spiro atoms. The van der Waals surface area contributed by atoms with Crippen LogP contribution in [0.15, 0.2) is 47.3 Å². The number of halogens is 3. The van der Waals surface area contributed by atoms with E-state index in [0.29, 0.717) is 4.57 Å². The number of phenols is 1. The fourth-order valence-corrected chi connectivity index (χ4v) is 2.26. The van der Waals surface area contributed by atoms with E-state index in [2.05, 4.69) is 4.98 Å². The van der Waals surface area contributed by atoms with Gasteiger partial charge in [-0.1, -0.05) is 6.07 Å². The van der Waals surface area contributed by atoms with Crippen LogP contribution in [0.5, 0.6) is 5.75 Å². The molecule has 0 saturated heterocycles. The Bertz CT molecular complexity index is 964. The molecule has 1 heterocycles. The van der Waals surface area contributed by atoms with Crippen molar-refractivity contribution in [3.8, 4) is 11.4 Å². The van der Waals surface area contributed by atoms with E-state index in [9.17, 15) is 23.1 Å². The third kappa shape index (κ3) is 2.59. The minimum absolute atomic E-state index is 0.0404. The number of alkyl halides is 3. The van der Waals surface area contributed by atoms with E-state index in [4.69, 9.17) is 5.73 Å². The van der Waals surface area contributed by atoms with E-state index in [0.717, 1.165) is 6.07 Å². The summed E-state index contributed by atoms with van der Waals surface area (Å²) in [6.07, 6.45) is -4.85. The first-order valence-electron chi connectivity index (χ1n) is 6.46. The molecule has 0 aliphatic carbocycles. The monoisotopic (exact) mass is 321 g/mol. The molecule has 0 atom stereocenters. The topological polar surface area (TPSA) is 81.1 Å². The highest BCUT2D eigenvalue weighted by Gasteiger charge is 2.37. The zero-order valence-corrected chi connectivity index (χ0v) is 11.5. The maximum absolute atomic E-state index is 13.3. The number of phenolic OH excluding ortho intramolecular Hbond substituents is 1. The summed E-state index contributed by atoms with van der Waals surface area (Å²) in [4.78, 5) is 16.1. The van der Waals surface area contributed by atoms with Gasteiger partial charge in [0.15, 0.2) is 0 Å². The van der Waals surface area contributed by atoms with Gasteiger partial charge in [-0.05, 0) is 30.3 Å². The van der Waals surface area contributed by atoms with Crippen LogP contribution >= 0.6 is 0 Å². The third-order valence-corrected chi connectivity index (χ3v) is 3.23. The molecular formula is C15H10F3N3O2. The number of anilines is 1. The lowest BCUT2D eigenvalue weighted by molar-refractivity contribution is -0.146. The fraction of sp³-hybridized carbons (Fsp3) is 0.0667. The molecular weight excluding hydrogens is 311 g/mol. The molecule has 3 N–H and O–H groups in total. The van der Waals surface area contributed by atoms with E-state index >= 15 is 0 Å². The van der Waals surface area contributed by atoms with Gasteiger partial charge in [0.05, 0.1) is 16.6 Å². The summed E-state index contributed by atoms with van der Waals surface area (Å²) in [5.74, 6) is -1.64. The molecule has 0 radical (unpaired) electrons. The summed E-state index contributed by atoms with van der Waals surface area (Å²) in [6.45, 7) is 0. The van der Waals surface area contributed by atoms with Gasteiger partial charge in [0.2, 0.25) is 5.82 Å². The van der Waals surface area contributed by atoms with E-state index in [-0.39, 0.29) is 28.0 Å². The lowest BCUT2D eigenvalue weighted by Gasteiger charge is -2.15. The number of hydrogen-bond acceptors (Lipinski definition) is 4. The summed E-state index contributed by atoms with van der Waals surface area (Å²) in [5, 5.41) is 9.44. The van der Waals surface area contributed by atoms with Crippen molar-refractivity contribution in [3.63, 3.8) is 0 Å². The van der Waals surface area contributed by atoms with Gasteiger partial charge in [0, 0.05) is 11.8 Å². The van der Waals surface area contributed by atoms with E-state index in [1.54, 1.807) is 0 Å². The SMILES string of the molecule is Nc1ccc2nc(C(F)(F)F)n(-c3cccc(O)c3)c(=O)c2c1. The maximum atomic E-state index is 13.3. The highest BCUT2D eigenvalue weighted by atomic mass is 19.4. The van der Waals surface area contributed by atoms with E-state index in [1.807, 2.05) is 0 Å². The zero-order chi connectivity index (χ0) is 16.8. The van der Waals surface area contributed by atoms with Gasteiger partial charge in [-0.2, -0.15) is 13.2 Å². The lowest BCUT2D eigenvalue weighted by Crippen LogP contribution is -2.28. The number of hydrogen-bond donors (Lipinski definition) is 2. The molecule has 3 aromatic rings. The average molecular weight is 321 g/mol. The molecule has 0 bridgehead atoms. The Morgan fingerprint density at radius 2 is 1.87 bits per heavy atom. The molecule has 5 nitrogen and oxygen atoms in total. The van der Waals surface area contributed by atoms with Crippen LogP contribution in [0.25, 0.3) is 16.6 Å². The van der Waals surface area contributed by atoms with Gasteiger partial charge in [-0.15, -0.1) is 0 Å². The second kappa shape index (κ2) is 5.01. The lowest BCUT2D eigenvalue weighted by atomic mass is 10.2. The molecule has 0 saturated carbocycles. The van der Waals surface area contributed by atoms with Crippen LogP contribution < -0.4 is 11.3 Å². The van der Waals surface area contributed by atoms with Gasteiger partial charge in [-0.3, -0.25) is 9.36 Å². The van der Waals surface area contributed by atoms with Crippen molar-refractivity contribution in [2.75, 3.05) is 5.73 Å². The van der Waals surface area contributed by atoms with E-state index < -0.39 is 17.6 Å². The predicted molar refractivity (Wildman–Crippen MR) is 78.4 cm³/mol. The summed E-state index contributed by atoms with van der Waals surface area (Å²) < 4.78 is 40.4. The molecule has 2 aromatic carbocycles. The molecule has 8 heteroatoms. The Kier molecular flexibility index (Phi) is 3.24. The van der Waals surface area contributed by atoms with Crippen molar-refractivity contribution in [2.45, 2.75) is 6.18 Å². The predicted octanol–water partition coefficient (Wildman–Crippen LogP) is 2.69. The van der Waals surface area contributed by atoms with Crippen molar-refractivity contribution < 1.29 is 18.3 Å². The van der Waals surface area contributed by atoms with E-state index in [1.165, 1.54) is 36.4 Å². The molecule has 0 amide bonds. The Morgan fingerprint density at radius 3 is 2.52 bits per heavy atom. The largest absolute Gasteiger partial charge is 0.508 e. The second-order valence-corrected chi connectivity index (χ2v) is 4.87.